The van der Waals surface area contributed by atoms with Gasteiger partial charge in [-0.15, -0.1) is 4.08 Å². The van der Waals surface area contributed by atoms with Gasteiger partial charge in [-0.2, -0.15) is 0 Å². The number of hydrogen-bond donors (Lipinski definition) is 1. The number of ether oxygens (including phenoxy) is 1. The van der Waals surface area contributed by atoms with Crippen LogP contribution in [0, 0.1) is 6.92 Å². The second kappa shape index (κ2) is 8.78. The van der Waals surface area contributed by atoms with Crippen molar-refractivity contribution >= 4 is 34.4 Å². The van der Waals surface area contributed by atoms with Gasteiger partial charge in [0.15, 0.2) is 0 Å². The van der Waals surface area contributed by atoms with Crippen LogP contribution in [-0.2, 0) is 21.2 Å². The average Bonchev–Trinajstić information content (AvgIpc) is 2.79. The number of methoxy groups -OCH3 is 1. The molecule has 1 aliphatic heterocycles. The molecule has 7 nitrogen and oxygen atoms in total. The zero-order valence-corrected chi connectivity index (χ0v) is 20.7. The van der Waals surface area contributed by atoms with Crippen molar-refractivity contribution in [2.75, 3.05) is 7.11 Å². The molecule has 1 N–H and O–H groups in total. The van der Waals surface area contributed by atoms with E-state index in [9.17, 15) is 18.1 Å². The van der Waals surface area contributed by atoms with Gasteiger partial charge in [0.2, 0.25) is 0 Å². The van der Waals surface area contributed by atoms with Crippen LogP contribution in [0.5, 0.6) is 11.5 Å². The first kappa shape index (κ1) is 23.8. The van der Waals surface area contributed by atoms with Crippen molar-refractivity contribution in [1.82, 2.24) is 4.08 Å². The van der Waals surface area contributed by atoms with Gasteiger partial charge in [0.25, 0.3) is 10.0 Å². The number of aliphatic hydroxyl groups excluding tert-OH is 1. The lowest BCUT2D eigenvalue weighted by Crippen LogP contribution is -2.40. The van der Waals surface area contributed by atoms with Crippen LogP contribution in [0.15, 0.2) is 65.6 Å². The maximum atomic E-state index is 14.8. The average molecular weight is 508 g/mol. The summed E-state index contributed by atoms with van der Waals surface area (Å²) in [7, 11) is -7.31. The molecule has 3 aromatic carbocycles. The molecular formula is C23H23ClNO6PS. The van der Waals surface area contributed by atoms with Crippen LogP contribution < -0.4 is 14.6 Å². The highest BCUT2D eigenvalue weighted by Gasteiger charge is 2.53. The predicted molar refractivity (Wildman–Crippen MR) is 127 cm³/mol. The number of halogens is 1. The van der Waals surface area contributed by atoms with Crippen LogP contribution in [0.25, 0.3) is 0 Å². The number of hydrogen-bond acceptors (Lipinski definition) is 6. The van der Waals surface area contributed by atoms with Crippen molar-refractivity contribution in [3.8, 4) is 11.5 Å². The number of fused-ring (bicyclic) bond motifs is 1. The van der Waals surface area contributed by atoms with Gasteiger partial charge in [0, 0.05) is 10.6 Å². The molecule has 0 amide bonds. The molecule has 0 aromatic heterocycles. The quantitative estimate of drug-likeness (QED) is 0.498. The Labute approximate surface area is 198 Å². The first-order valence-electron chi connectivity index (χ1n) is 10.1. The summed E-state index contributed by atoms with van der Waals surface area (Å²) in [5, 5.41) is 10.4. The van der Waals surface area contributed by atoms with Crippen LogP contribution in [0.3, 0.4) is 0 Å². The lowest BCUT2D eigenvalue weighted by Gasteiger charge is -2.40. The van der Waals surface area contributed by atoms with Gasteiger partial charge < -0.3 is 14.4 Å². The molecule has 174 valence electrons. The molecule has 2 atom stereocenters. The van der Waals surface area contributed by atoms with Crippen LogP contribution in [0.2, 0.25) is 5.02 Å². The fourth-order valence-electron chi connectivity index (χ4n) is 3.94. The van der Waals surface area contributed by atoms with E-state index in [2.05, 4.69) is 0 Å². The molecule has 1 aliphatic rings. The van der Waals surface area contributed by atoms with Crippen molar-refractivity contribution in [1.29, 1.82) is 0 Å². The van der Waals surface area contributed by atoms with Crippen molar-refractivity contribution < 1.29 is 27.3 Å². The van der Waals surface area contributed by atoms with E-state index < -0.39 is 30.2 Å². The number of aryl methyl sites for hydroxylation is 1. The Kier molecular flexibility index (Phi) is 6.33. The monoisotopic (exact) mass is 507 g/mol. The van der Waals surface area contributed by atoms with E-state index >= 15 is 0 Å². The molecule has 3 aromatic rings. The first-order chi connectivity index (χ1) is 15.6. The van der Waals surface area contributed by atoms with Gasteiger partial charge in [-0.05, 0) is 55.8 Å². The maximum absolute atomic E-state index is 14.8. The van der Waals surface area contributed by atoms with Gasteiger partial charge in [-0.1, -0.05) is 41.4 Å². The molecule has 0 unspecified atom stereocenters. The number of sulfonamides is 1. The fourth-order valence-corrected chi connectivity index (χ4v) is 9.44. The van der Waals surface area contributed by atoms with Crippen molar-refractivity contribution in [2.45, 2.75) is 31.4 Å². The third-order valence-electron chi connectivity index (χ3n) is 5.56. The second-order valence-electron chi connectivity index (χ2n) is 7.69. The number of rotatable bonds is 5. The summed E-state index contributed by atoms with van der Waals surface area (Å²) in [6.45, 7) is 2.98. The van der Waals surface area contributed by atoms with Gasteiger partial charge in [0.05, 0.1) is 24.7 Å². The molecule has 1 heterocycles. The molecule has 0 spiro atoms. The van der Waals surface area contributed by atoms with E-state index in [-0.39, 0.29) is 27.3 Å². The molecule has 0 saturated carbocycles. The van der Waals surface area contributed by atoms with Crippen molar-refractivity contribution in [3.63, 3.8) is 0 Å². The third-order valence-corrected chi connectivity index (χ3v) is 11.1. The summed E-state index contributed by atoms with van der Waals surface area (Å²) < 4.78 is 55.0. The summed E-state index contributed by atoms with van der Waals surface area (Å²) in [6.07, 6.45) is 0. The van der Waals surface area contributed by atoms with E-state index in [1.807, 2.05) is 6.92 Å². The van der Waals surface area contributed by atoms with Gasteiger partial charge in [-0.25, -0.2) is 8.42 Å². The maximum Gasteiger partial charge on any atom is 0.367 e. The Bertz CT molecular complexity index is 1340. The van der Waals surface area contributed by atoms with E-state index in [1.165, 1.54) is 19.2 Å². The Hall–Kier alpha value is -2.35. The van der Waals surface area contributed by atoms with Gasteiger partial charge >= 0.3 is 7.52 Å². The number of aliphatic hydroxyl groups is 1. The van der Waals surface area contributed by atoms with E-state index in [0.717, 1.165) is 9.64 Å². The van der Waals surface area contributed by atoms with Gasteiger partial charge in [-0.3, -0.25) is 4.57 Å². The number of benzene rings is 3. The molecule has 33 heavy (non-hydrogen) atoms. The highest BCUT2D eigenvalue weighted by Crippen LogP contribution is 2.63. The minimum atomic E-state index is -4.37. The lowest BCUT2D eigenvalue weighted by atomic mass is 10.1. The Morgan fingerprint density at radius 1 is 1.15 bits per heavy atom. The first-order valence-corrected chi connectivity index (χ1v) is 13.5. The molecule has 0 fully saturated rings. The van der Waals surface area contributed by atoms with Crippen LogP contribution in [-0.4, -0.2) is 24.7 Å². The SMILES string of the molecule is COc1cccc(CO)c1[P@@]1(=O)Oc2ccc(Cl)cc2[C@@H](C)N1S(=O)(=O)c1ccc(C)cc1. The standard InChI is InChI=1S/C23H23ClNO6PS/c1-15-7-10-19(11-8-15)33(28,29)25-16(2)20-13-18(24)9-12-21(20)31-32(25,27)23-17(14-26)5-4-6-22(23)30-3/h4-13,16,26H,14H2,1-3H3/t16-,32-/m1/s1. The fraction of sp³-hybridized carbons (Fsp3) is 0.217. The second-order valence-corrected chi connectivity index (χ2v) is 12.3. The Balaban J connectivity index is 2.05. The molecule has 0 aliphatic carbocycles. The highest BCUT2D eigenvalue weighted by atomic mass is 35.5. The number of nitrogens with zero attached hydrogens (tertiary/aromatic N) is 1. The van der Waals surface area contributed by atoms with Gasteiger partial charge in [0.1, 0.15) is 16.8 Å². The molecular weight excluding hydrogens is 485 g/mol. The summed E-state index contributed by atoms with van der Waals surface area (Å²) in [5.74, 6) is 0.402. The minimum absolute atomic E-state index is 0.00173. The molecule has 4 rings (SSSR count). The summed E-state index contributed by atoms with van der Waals surface area (Å²) in [4.78, 5) is -0.0327. The van der Waals surface area contributed by atoms with Crippen molar-refractivity contribution in [3.05, 3.63) is 82.4 Å². The highest BCUT2D eigenvalue weighted by molar-refractivity contribution is 7.96. The summed E-state index contributed by atoms with van der Waals surface area (Å²) in [6, 6.07) is 14.8. The summed E-state index contributed by atoms with van der Waals surface area (Å²) >= 11 is 6.18. The Morgan fingerprint density at radius 3 is 2.48 bits per heavy atom. The smallest absolute Gasteiger partial charge is 0.367 e. The molecule has 0 radical (unpaired) electrons. The molecule has 0 bridgehead atoms. The van der Waals surface area contributed by atoms with Crippen LogP contribution in [0.4, 0.5) is 0 Å². The molecule has 10 heteroatoms. The van der Waals surface area contributed by atoms with Crippen molar-refractivity contribution in [2.24, 2.45) is 0 Å². The van der Waals surface area contributed by atoms with Crippen LogP contribution >= 0.6 is 19.1 Å². The largest absolute Gasteiger partial charge is 0.496 e. The lowest BCUT2D eigenvalue weighted by molar-refractivity contribution is 0.281. The Morgan fingerprint density at radius 2 is 1.85 bits per heavy atom. The topological polar surface area (TPSA) is 93.1 Å². The predicted octanol–water partition coefficient (Wildman–Crippen LogP) is 4.81. The zero-order valence-electron chi connectivity index (χ0n) is 18.2. The zero-order chi connectivity index (χ0) is 24.0. The minimum Gasteiger partial charge on any atom is -0.496 e. The van der Waals surface area contributed by atoms with E-state index in [0.29, 0.717) is 10.6 Å². The van der Waals surface area contributed by atoms with E-state index in [4.69, 9.17) is 20.9 Å². The normalized spacial score (nSPS) is 20.7. The third kappa shape index (κ3) is 3.96. The molecule has 0 saturated heterocycles. The van der Waals surface area contributed by atoms with Crippen LogP contribution in [0.1, 0.15) is 29.7 Å². The van der Waals surface area contributed by atoms with E-state index in [1.54, 1.807) is 55.5 Å². The summed E-state index contributed by atoms with van der Waals surface area (Å²) in [5.41, 5.74) is 1.60.